The molecule has 0 aliphatic heterocycles. The van der Waals surface area contributed by atoms with E-state index < -0.39 is 0 Å². The molecular weight excluding hydrogens is 771 g/mol. The highest BCUT2D eigenvalue weighted by Crippen LogP contribution is 2.58. The summed E-state index contributed by atoms with van der Waals surface area (Å²) in [7, 11) is 0. The Kier molecular flexibility index (Phi) is 9.16. The van der Waals surface area contributed by atoms with Gasteiger partial charge in [0.2, 0.25) is 0 Å². The minimum atomic E-state index is -0.143. The van der Waals surface area contributed by atoms with E-state index in [0.29, 0.717) is 0 Å². The molecule has 0 N–H and O–H groups in total. The second-order valence-electron chi connectivity index (χ2n) is 18.7. The van der Waals surface area contributed by atoms with E-state index in [-0.39, 0.29) is 10.8 Å². The molecular formula is C63H51N. The predicted molar refractivity (Wildman–Crippen MR) is 270 cm³/mol. The maximum atomic E-state index is 2.56. The molecule has 1 fully saturated rings. The Morgan fingerprint density at radius 1 is 0.328 bits per heavy atom. The van der Waals surface area contributed by atoms with Crippen LogP contribution in [0.3, 0.4) is 0 Å². The molecule has 0 saturated heterocycles. The molecule has 0 heterocycles. The Hall–Kier alpha value is -7.22. The van der Waals surface area contributed by atoms with E-state index in [9.17, 15) is 0 Å². The van der Waals surface area contributed by atoms with Gasteiger partial charge >= 0.3 is 0 Å². The fraction of sp³-hybridized carbons (Fsp3) is 0.143. The van der Waals surface area contributed by atoms with E-state index in [4.69, 9.17) is 0 Å². The Balaban J connectivity index is 0.964. The summed E-state index contributed by atoms with van der Waals surface area (Å²) in [6.07, 6.45) is 6.26. The second-order valence-corrected chi connectivity index (χ2v) is 18.7. The van der Waals surface area contributed by atoms with Crippen molar-refractivity contribution in [1.82, 2.24) is 0 Å². The van der Waals surface area contributed by atoms with Gasteiger partial charge in [-0.15, -0.1) is 0 Å². The first-order valence-electron chi connectivity index (χ1n) is 23.2. The molecule has 12 rings (SSSR count). The summed E-state index contributed by atoms with van der Waals surface area (Å²) in [5, 5.41) is 0. The fourth-order valence-corrected chi connectivity index (χ4v) is 11.8. The largest absolute Gasteiger partial charge is 0.310 e. The van der Waals surface area contributed by atoms with Crippen LogP contribution in [-0.2, 0) is 10.8 Å². The van der Waals surface area contributed by atoms with Crippen molar-refractivity contribution >= 4 is 17.1 Å². The monoisotopic (exact) mass is 821 g/mol. The Bertz CT molecular complexity index is 3180. The van der Waals surface area contributed by atoms with Crippen LogP contribution in [0.4, 0.5) is 17.1 Å². The number of rotatable bonds is 7. The molecule has 308 valence electrons. The molecule has 3 aliphatic rings. The van der Waals surface area contributed by atoms with Crippen LogP contribution >= 0.6 is 0 Å². The molecule has 64 heavy (non-hydrogen) atoms. The van der Waals surface area contributed by atoms with Crippen molar-refractivity contribution in [2.24, 2.45) is 0 Å². The maximum Gasteiger partial charge on any atom is 0.0540 e. The van der Waals surface area contributed by atoms with Gasteiger partial charge in [-0.1, -0.05) is 215 Å². The molecule has 0 atom stereocenters. The van der Waals surface area contributed by atoms with Crippen LogP contribution in [0.5, 0.6) is 0 Å². The summed E-state index contributed by atoms with van der Waals surface area (Å²) >= 11 is 0. The van der Waals surface area contributed by atoms with Crippen molar-refractivity contribution in [2.45, 2.75) is 56.8 Å². The Morgan fingerprint density at radius 2 is 0.766 bits per heavy atom. The van der Waals surface area contributed by atoms with Gasteiger partial charge in [0.25, 0.3) is 0 Å². The molecule has 9 aromatic rings. The second kappa shape index (κ2) is 15.2. The smallest absolute Gasteiger partial charge is 0.0540 e. The van der Waals surface area contributed by atoms with Crippen LogP contribution < -0.4 is 4.90 Å². The van der Waals surface area contributed by atoms with Crippen molar-refractivity contribution in [1.29, 1.82) is 0 Å². The summed E-state index contributed by atoms with van der Waals surface area (Å²) in [6.45, 7) is 4.80. The lowest BCUT2D eigenvalue weighted by Crippen LogP contribution is -2.28. The SMILES string of the molecule is CC1(C)c2ccccc2-c2cccc(-c3ccccc3N(c3ccc(-c4ccc(-c5ccc(-c6ccccc6)cc5)cc4)cc3)c3ccc4c(c3)C3(CCCCC3)c3ccccc3-4)c21. The van der Waals surface area contributed by atoms with E-state index in [1.54, 1.807) is 0 Å². The summed E-state index contributed by atoms with van der Waals surface area (Å²) in [4.78, 5) is 2.54. The fourth-order valence-electron chi connectivity index (χ4n) is 11.8. The lowest BCUT2D eigenvalue weighted by molar-refractivity contribution is 0.353. The zero-order chi connectivity index (χ0) is 42.8. The topological polar surface area (TPSA) is 3.24 Å². The maximum absolute atomic E-state index is 2.56. The Morgan fingerprint density at radius 3 is 1.39 bits per heavy atom. The van der Waals surface area contributed by atoms with Gasteiger partial charge < -0.3 is 4.90 Å². The van der Waals surface area contributed by atoms with Crippen LogP contribution in [0, 0.1) is 0 Å². The molecule has 1 saturated carbocycles. The number of benzene rings is 9. The molecule has 3 aliphatic carbocycles. The number of nitrogens with zero attached hydrogens (tertiary/aromatic N) is 1. The third-order valence-corrected chi connectivity index (χ3v) is 14.9. The first kappa shape index (κ1) is 38.5. The zero-order valence-electron chi connectivity index (χ0n) is 36.7. The molecule has 9 aromatic carbocycles. The highest BCUT2D eigenvalue weighted by molar-refractivity contribution is 5.95. The first-order chi connectivity index (χ1) is 31.5. The van der Waals surface area contributed by atoms with Crippen molar-refractivity contribution in [3.05, 3.63) is 235 Å². The summed E-state index contributed by atoms with van der Waals surface area (Å²) in [5.74, 6) is 0. The average Bonchev–Trinajstić information content (AvgIpc) is 3.76. The number of para-hydroxylation sites is 1. The van der Waals surface area contributed by atoms with Crippen LogP contribution in [0.2, 0.25) is 0 Å². The van der Waals surface area contributed by atoms with Crippen LogP contribution in [0.1, 0.15) is 68.2 Å². The molecule has 0 aromatic heterocycles. The third kappa shape index (κ3) is 6.13. The van der Waals surface area contributed by atoms with Gasteiger partial charge in [0, 0.05) is 27.8 Å². The van der Waals surface area contributed by atoms with E-state index in [1.807, 2.05) is 0 Å². The van der Waals surface area contributed by atoms with Gasteiger partial charge in [-0.25, -0.2) is 0 Å². The van der Waals surface area contributed by atoms with Crippen molar-refractivity contribution in [3.8, 4) is 66.8 Å². The quantitative estimate of drug-likeness (QED) is 0.155. The zero-order valence-corrected chi connectivity index (χ0v) is 36.7. The highest BCUT2D eigenvalue weighted by atomic mass is 15.1. The number of hydrogen-bond donors (Lipinski definition) is 0. The first-order valence-corrected chi connectivity index (χ1v) is 23.2. The normalized spacial score (nSPS) is 15.0. The average molecular weight is 822 g/mol. The van der Waals surface area contributed by atoms with Crippen molar-refractivity contribution in [2.75, 3.05) is 4.90 Å². The van der Waals surface area contributed by atoms with E-state index in [1.165, 1.54) is 132 Å². The predicted octanol–water partition coefficient (Wildman–Crippen LogP) is 17.4. The molecule has 0 unspecified atom stereocenters. The molecule has 0 amide bonds. The van der Waals surface area contributed by atoms with Crippen molar-refractivity contribution in [3.63, 3.8) is 0 Å². The number of anilines is 3. The molecule has 1 nitrogen and oxygen atoms in total. The van der Waals surface area contributed by atoms with Gasteiger partial charge in [0.1, 0.15) is 0 Å². The molecule has 0 radical (unpaired) electrons. The third-order valence-electron chi connectivity index (χ3n) is 14.9. The summed E-state index contributed by atoms with van der Waals surface area (Å²) < 4.78 is 0. The standard InChI is InChI=1S/C63H51N/c1-62(2)57-23-10-7-19-52(57)55-21-15-22-56(61(55)62)54-20-9-12-25-60(54)64(50-38-39-53-51-18-8-11-24-58(51)63(59(53)42-50)40-13-4-14-41-63)49-36-34-48(35-37-49)47-32-30-46(31-33-47)45-28-26-44(27-29-45)43-16-5-3-6-17-43/h3,5-12,15-39,42H,4,13-14,40-41H2,1-2H3. The number of hydrogen-bond acceptors (Lipinski definition) is 1. The van der Waals surface area contributed by atoms with Gasteiger partial charge in [-0.05, 0) is 127 Å². The van der Waals surface area contributed by atoms with Gasteiger partial charge in [-0.2, -0.15) is 0 Å². The van der Waals surface area contributed by atoms with Crippen LogP contribution in [0.15, 0.2) is 212 Å². The summed E-state index contributed by atoms with van der Waals surface area (Å²) in [5.41, 5.74) is 24.6. The van der Waals surface area contributed by atoms with Crippen LogP contribution in [-0.4, -0.2) is 0 Å². The lowest BCUT2D eigenvalue weighted by atomic mass is 9.68. The molecule has 1 spiro atoms. The Labute approximate surface area is 378 Å². The molecule has 1 heteroatoms. The van der Waals surface area contributed by atoms with Crippen LogP contribution in [0.25, 0.3) is 66.8 Å². The van der Waals surface area contributed by atoms with Crippen molar-refractivity contribution < 1.29 is 0 Å². The minimum Gasteiger partial charge on any atom is -0.310 e. The minimum absolute atomic E-state index is 0.0569. The molecule has 0 bridgehead atoms. The highest BCUT2D eigenvalue weighted by Gasteiger charge is 2.44. The van der Waals surface area contributed by atoms with Gasteiger partial charge in [-0.3, -0.25) is 0 Å². The van der Waals surface area contributed by atoms with E-state index >= 15 is 0 Å². The number of fused-ring (bicyclic) bond motifs is 8. The summed E-state index contributed by atoms with van der Waals surface area (Å²) in [6, 6.07) is 79.4. The van der Waals surface area contributed by atoms with E-state index in [2.05, 4.69) is 231 Å². The lowest BCUT2D eigenvalue weighted by Gasteiger charge is -2.37. The van der Waals surface area contributed by atoms with E-state index in [0.717, 1.165) is 5.69 Å². The van der Waals surface area contributed by atoms with Gasteiger partial charge in [0.15, 0.2) is 0 Å². The van der Waals surface area contributed by atoms with Gasteiger partial charge in [0.05, 0.1) is 5.69 Å².